The van der Waals surface area contributed by atoms with Gasteiger partial charge in [-0.3, -0.25) is 9.59 Å². The van der Waals surface area contributed by atoms with Gasteiger partial charge in [-0.25, -0.2) is 17.5 Å². The second-order valence-corrected chi connectivity index (χ2v) is 8.73. The Morgan fingerprint density at radius 2 is 2.12 bits per heavy atom. The van der Waals surface area contributed by atoms with Gasteiger partial charge in [-0.1, -0.05) is 6.07 Å². The lowest BCUT2D eigenvalue weighted by Gasteiger charge is -2.48. The molecule has 0 spiro atoms. The SMILES string of the molecule is CC1(C(=O)NS(=O)(=O)c2cccc(F)c2)CCN1C(=O)Cc1ccsc1. The second-order valence-electron chi connectivity index (χ2n) is 6.27. The molecule has 1 saturated heterocycles. The van der Waals surface area contributed by atoms with Crippen LogP contribution in [0, 0.1) is 5.82 Å². The summed E-state index contributed by atoms with van der Waals surface area (Å²) in [5, 5.41) is 3.71. The summed E-state index contributed by atoms with van der Waals surface area (Å²) in [5.74, 6) is -1.76. The number of hydrogen-bond donors (Lipinski definition) is 1. The smallest absolute Gasteiger partial charge is 0.264 e. The third-order valence-electron chi connectivity index (χ3n) is 4.48. The molecule has 1 aliphatic heterocycles. The number of amides is 2. The lowest BCUT2D eigenvalue weighted by molar-refractivity contribution is -0.156. The Morgan fingerprint density at radius 3 is 2.69 bits per heavy atom. The molecule has 1 aliphatic rings. The van der Waals surface area contributed by atoms with Crippen molar-refractivity contribution in [1.29, 1.82) is 0 Å². The molecule has 1 atom stereocenters. The fourth-order valence-electron chi connectivity index (χ4n) is 2.78. The maximum atomic E-state index is 13.3. The number of likely N-dealkylation sites (tertiary alicyclic amines) is 1. The highest BCUT2D eigenvalue weighted by atomic mass is 32.2. The predicted molar refractivity (Wildman–Crippen MR) is 94.5 cm³/mol. The van der Waals surface area contributed by atoms with E-state index >= 15 is 0 Å². The molecular formula is C17H17FN2O4S2. The van der Waals surface area contributed by atoms with Gasteiger partial charge >= 0.3 is 0 Å². The minimum atomic E-state index is -4.22. The van der Waals surface area contributed by atoms with Crippen LogP contribution in [0.1, 0.15) is 18.9 Å². The van der Waals surface area contributed by atoms with E-state index in [9.17, 15) is 22.4 Å². The summed E-state index contributed by atoms with van der Waals surface area (Å²) < 4.78 is 39.9. The lowest BCUT2D eigenvalue weighted by Crippen LogP contribution is -2.68. The molecule has 3 rings (SSSR count). The molecule has 138 valence electrons. The Morgan fingerprint density at radius 1 is 1.35 bits per heavy atom. The molecule has 1 fully saturated rings. The Hall–Kier alpha value is -2.26. The lowest BCUT2D eigenvalue weighted by atomic mass is 9.85. The van der Waals surface area contributed by atoms with Gasteiger partial charge in [0.05, 0.1) is 11.3 Å². The third kappa shape index (κ3) is 3.49. The zero-order chi connectivity index (χ0) is 18.9. The molecule has 26 heavy (non-hydrogen) atoms. The number of thiophene rings is 1. The Balaban J connectivity index is 1.73. The average molecular weight is 396 g/mol. The van der Waals surface area contributed by atoms with E-state index < -0.39 is 27.3 Å². The Labute approximate surface area is 154 Å². The van der Waals surface area contributed by atoms with Crippen LogP contribution in [-0.2, 0) is 26.0 Å². The number of carbonyl (C=O) groups excluding carboxylic acids is 2. The number of sulfonamides is 1. The summed E-state index contributed by atoms with van der Waals surface area (Å²) in [6.07, 6.45) is 0.510. The molecular weight excluding hydrogens is 379 g/mol. The summed E-state index contributed by atoms with van der Waals surface area (Å²) in [6.45, 7) is 1.91. The van der Waals surface area contributed by atoms with Crippen LogP contribution in [0.4, 0.5) is 4.39 Å². The van der Waals surface area contributed by atoms with Crippen LogP contribution in [0.2, 0.25) is 0 Å². The predicted octanol–water partition coefficient (Wildman–Crippen LogP) is 1.93. The van der Waals surface area contributed by atoms with Gasteiger partial charge in [-0.2, -0.15) is 11.3 Å². The van der Waals surface area contributed by atoms with Crippen molar-refractivity contribution in [3.8, 4) is 0 Å². The quantitative estimate of drug-likeness (QED) is 0.837. The van der Waals surface area contributed by atoms with Crippen molar-refractivity contribution < 1.29 is 22.4 Å². The normalized spacial score (nSPS) is 19.7. The fraction of sp³-hybridized carbons (Fsp3) is 0.294. The number of halogens is 1. The highest BCUT2D eigenvalue weighted by Crippen LogP contribution is 2.32. The zero-order valence-corrected chi connectivity index (χ0v) is 15.6. The van der Waals surface area contributed by atoms with Gasteiger partial charge in [0.15, 0.2) is 0 Å². The van der Waals surface area contributed by atoms with Gasteiger partial charge in [-0.15, -0.1) is 0 Å². The minimum Gasteiger partial charge on any atom is -0.328 e. The van der Waals surface area contributed by atoms with Crippen LogP contribution in [0.15, 0.2) is 46.0 Å². The van der Waals surface area contributed by atoms with Gasteiger partial charge in [0.2, 0.25) is 5.91 Å². The second kappa shape index (κ2) is 6.81. The fourth-order valence-corrected chi connectivity index (χ4v) is 4.56. The number of nitrogens with one attached hydrogen (secondary N) is 1. The number of nitrogens with zero attached hydrogens (tertiary/aromatic N) is 1. The van der Waals surface area contributed by atoms with E-state index in [4.69, 9.17) is 0 Å². The van der Waals surface area contributed by atoms with Crippen molar-refractivity contribution in [1.82, 2.24) is 9.62 Å². The highest BCUT2D eigenvalue weighted by Gasteiger charge is 2.50. The Kier molecular flexibility index (Phi) is 4.85. The third-order valence-corrected chi connectivity index (χ3v) is 6.54. The number of benzene rings is 1. The number of rotatable bonds is 5. The van der Waals surface area contributed by atoms with Crippen molar-refractivity contribution >= 4 is 33.2 Å². The highest BCUT2D eigenvalue weighted by molar-refractivity contribution is 7.90. The van der Waals surface area contributed by atoms with Crippen molar-refractivity contribution in [2.75, 3.05) is 6.54 Å². The number of carbonyl (C=O) groups is 2. The first-order chi connectivity index (χ1) is 12.2. The zero-order valence-electron chi connectivity index (χ0n) is 13.9. The van der Waals surface area contributed by atoms with Crippen LogP contribution in [0.3, 0.4) is 0 Å². The molecule has 6 nitrogen and oxygen atoms in total. The van der Waals surface area contributed by atoms with Crippen LogP contribution in [0.25, 0.3) is 0 Å². The minimum absolute atomic E-state index is 0.156. The largest absolute Gasteiger partial charge is 0.328 e. The monoisotopic (exact) mass is 396 g/mol. The van der Waals surface area contributed by atoms with Gasteiger partial charge in [0, 0.05) is 6.54 Å². The van der Waals surface area contributed by atoms with Gasteiger partial charge in [-0.05, 0) is 53.9 Å². The van der Waals surface area contributed by atoms with Gasteiger partial charge < -0.3 is 4.90 Å². The Bertz CT molecular complexity index is 943. The molecule has 1 aromatic heterocycles. The van der Waals surface area contributed by atoms with Gasteiger partial charge in [0.1, 0.15) is 11.4 Å². The van der Waals surface area contributed by atoms with Crippen LogP contribution >= 0.6 is 11.3 Å². The van der Waals surface area contributed by atoms with Crippen molar-refractivity contribution in [3.63, 3.8) is 0 Å². The first kappa shape index (κ1) is 18.5. The summed E-state index contributed by atoms with van der Waals surface area (Å²) in [7, 11) is -4.22. The van der Waals surface area contributed by atoms with Crippen molar-refractivity contribution in [2.45, 2.75) is 30.2 Å². The molecule has 1 N–H and O–H groups in total. The van der Waals surface area contributed by atoms with Crippen LogP contribution < -0.4 is 4.72 Å². The van der Waals surface area contributed by atoms with E-state index in [0.29, 0.717) is 13.0 Å². The average Bonchev–Trinajstić information content (AvgIpc) is 3.05. The molecule has 1 unspecified atom stereocenters. The van der Waals surface area contributed by atoms with E-state index in [1.165, 1.54) is 35.3 Å². The molecule has 0 aliphatic carbocycles. The van der Waals surface area contributed by atoms with E-state index in [2.05, 4.69) is 0 Å². The maximum absolute atomic E-state index is 13.3. The maximum Gasteiger partial charge on any atom is 0.264 e. The van der Waals surface area contributed by atoms with Crippen LogP contribution in [-0.4, -0.2) is 37.2 Å². The van der Waals surface area contributed by atoms with Crippen LogP contribution in [0.5, 0.6) is 0 Å². The topological polar surface area (TPSA) is 83.6 Å². The first-order valence-corrected chi connectivity index (χ1v) is 10.3. The van der Waals surface area contributed by atoms with Crippen molar-refractivity contribution in [2.24, 2.45) is 0 Å². The van der Waals surface area contributed by atoms with E-state index in [1.807, 2.05) is 21.5 Å². The van der Waals surface area contributed by atoms with E-state index in [0.717, 1.165) is 17.7 Å². The molecule has 0 saturated carbocycles. The molecule has 0 radical (unpaired) electrons. The summed E-state index contributed by atoms with van der Waals surface area (Å²) in [4.78, 5) is 26.0. The molecule has 9 heteroatoms. The molecule has 2 heterocycles. The summed E-state index contributed by atoms with van der Waals surface area (Å²) in [6, 6.07) is 6.21. The summed E-state index contributed by atoms with van der Waals surface area (Å²) in [5.41, 5.74) is -0.393. The van der Waals surface area contributed by atoms with Crippen molar-refractivity contribution in [3.05, 3.63) is 52.5 Å². The standard InChI is InChI=1S/C17H17FN2O4S2/c1-17(6-7-20(17)15(21)9-12-5-8-25-11-12)16(22)19-26(23,24)14-4-2-3-13(18)10-14/h2-5,8,10-11H,6-7,9H2,1H3,(H,19,22). The van der Waals surface area contributed by atoms with Gasteiger partial charge in [0.25, 0.3) is 15.9 Å². The molecule has 2 amide bonds. The first-order valence-electron chi connectivity index (χ1n) is 7.87. The summed E-state index contributed by atoms with van der Waals surface area (Å²) >= 11 is 1.47. The van der Waals surface area contributed by atoms with E-state index in [1.54, 1.807) is 0 Å². The molecule has 1 aromatic carbocycles. The van der Waals surface area contributed by atoms with E-state index in [-0.39, 0.29) is 17.2 Å². The molecule has 0 bridgehead atoms. The number of hydrogen-bond acceptors (Lipinski definition) is 5. The molecule has 2 aromatic rings.